The van der Waals surface area contributed by atoms with Crippen molar-refractivity contribution < 1.29 is 23.4 Å². The highest BCUT2D eigenvalue weighted by molar-refractivity contribution is 7.98. The van der Waals surface area contributed by atoms with Gasteiger partial charge >= 0.3 is 5.97 Å². The van der Waals surface area contributed by atoms with E-state index < -0.39 is 11.4 Å². The number of methoxy groups -OCH3 is 1. The Morgan fingerprint density at radius 3 is 2.57 bits per heavy atom. The van der Waals surface area contributed by atoms with Gasteiger partial charge in [0.1, 0.15) is 12.0 Å². The van der Waals surface area contributed by atoms with Gasteiger partial charge in [0.2, 0.25) is 11.2 Å². The molecule has 0 bridgehead atoms. The number of aromatic nitrogens is 2. The molecule has 0 atom stereocenters. The zero-order valence-corrected chi connectivity index (χ0v) is 15.7. The topological polar surface area (TPSA) is 101 Å². The molecule has 28 heavy (non-hydrogen) atoms. The van der Waals surface area contributed by atoms with Crippen LogP contribution in [0.15, 0.2) is 69.4 Å². The summed E-state index contributed by atoms with van der Waals surface area (Å²) in [6.07, 6.45) is 4.35. The van der Waals surface area contributed by atoms with Crippen molar-refractivity contribution in [2.75, 3.05) is 13.7 Å². The Hall–Kier alpha value is -3.33. The molecule has 0 fully saturated rings. The molecule has 0 aliphatic rings. The molecule has 2 heterocycles. The van der Waals surface area contributed by atoms with Crippen LogP contribution in [-0.2, 0) is 10.5 Å². The van der Waals surface area contributed by atoms with Gasteiger partial charge in [-0.05, 0) is 18.2 Å². The Kier molecular flexibility index (Phi) is 6.64. The number of hydrogen-bond donors (Lipinski definition) is 0. The maximum absolute atomic E-state index is 12.1. The number of hydrogen-bond acceptors (Lipinski definition) is 9. The van der Waals surface area contributed by atoms with E-state index in [1.54, 1.807) is 42.7 Å². The number of esters is 1. The maximum Gasteiger partial charge on any atom is 0.349 e. The first-order valence-electron chi connectivity index (χ1n) is 8.14. The molecule has 3 rings (SSSR count). The lowest BCUT2D eigenvalue weighted by Gasteiger charge is -2.09. The fourth-order valence-corrected chi connectivity index (χ4v) is 2.80. The third kappa shape index (κ3) is 5.34. The number of ether oxygens (including phenoxy) is 3. The monoisotopic (exact) mass is 400 g/mol. The predicted molar refractivity (Wildman–Crippen MR) is 101 cm³/mol. The minimum Gasteiger partial charge on any atom is -0.493 e. The van der Waals surface area contributed by atoms with Gasteiger partial charge in [-0.25, -0.2) is 14.8 Å². The Labute approximate surface area is 164 Å². The first-order valence-corrected chi connectivity index (χ1v) is 9.12. The standard InChI is InChI=1S/C19H16N2O6S/c1-24-15-5-2-3-6-16(15)26-11-18(23)27-17-10-25-13(9-14(17)22)12-28-19-20-7-4-8-21-19/h2-10H,11-12H2,1H3. The van der Waals surface area contributed by atoms with Crippen LogP contribution in [0.3, 0.4) is 0 Å². The van der Waals surface area contributed by atoms with E-state index in [2.05, 4.69) is 9.97 Å². The predicted octanol–water partition coefficient (Wildman–Crippen LogP) is 2.72. The summed E-state index contributed by atoms with van der Waals surface area (Å²) in [6, 6.07) is 9.86. The number of thioether (sulfide) groups is 1. The second-order valence-electron chi connectivity index (χ2n) is 5.31. The Bertz CT molecular complexity index is 993. The SMILES string of the molecule is COc1ccccc1OCC(=O)Oc1coc(CSc2ncccn2)cc1=O. The van der Waals surface area contributed by atoms with Crippen LogP contribution in [0.5, 0.6) is 17.2 Å². The third-order valence-electron chi connectivity index (χ3n) is 3.38. The highest BCUT2D eigenvalue weighted by Gasteiger charge is 2.13. The van der Waals surface area contributed by atoms with E-state index in [0.29, 0.717) is 28.2 Å². The summed E-state index contributed by atoms with van der Waals surface area (Å²) in [5.41, 5.74) is -0.471. The van der Waals surface area contributed by atoms with Crippen LogP contribution in [0.1, 0.15) is 5.76 Å². The Balaban J connectivity index is 1.55. The molecule has 1 aromatic carbocycles. The van der Waals surface area contributed by atoms with E-state index in [9.17, 15) is 9.59 Å². The van der Waals surface area contributed by atoms with Crippen LogP contribution in [-0.4, -0.2) is 29.7 Å². The molecule has 0 spiro atoms. The quantitative estimate of drug-likeness (QED) is 0.321. The number of carbonyl (C=O) groups excluding carboxylic acids is 1. The first kappa shape index (κ1) is 19.4. The van der Waals surface area contributed by atoms with Gasteiger partial charge in [-0.15, -0.1) is 0 Å². The van der Waals surface area contributed by atoms with E-state index in [1.165, 1.54) is 24.9 Å². The number of nitrogens with zero attached hydrogens (tertiary/aromatic N) is 2. The lowest BCUT2D eigenvalue weighted by Crippen LogP contribution is -2.21. The van der Waals surface area contributed by atoms with Crippen LogP contribution >= 0.6 is 11.8 Å². The lowest BCUT2D eigenvalue weighted by molar-refractivity contribution is -0.136. The molecule has 144 valence electrons. The molecular weight excluding hydrogens is 384 g/mol. The van der Waals surface area contributed by atoms with Crippen molar-refractivity contribution in [3.63, 3.8) is 0 Å². The van der Waals surface area contributed by atoms with Crippen LogP contribution in [0.4, 0.5) is 0 Å². The molecule has 0 saturated heterocycles. The Morgan fingerprint density at radius 2 is 1.86 bits per heavy atom. The van der Waals surface area contributed by atoms with Crippen molar-refractivity contribution in [2.24, 2.45) is 0 Å². The van der Waals surface area contributed by atoms with Gasteiger partial charge in [0.15, 0.2) is 23.3 Å². The summed E-state index contributed by atoms with van der Waals surface area (Å²) in [6.45, 7) is -0.386. The third-order valence-corrected chi connectivity index (χ3v) is 4.27. The van der Waals surface area contributed by atoms with E-state index in [4.69, 9.17) is 18.6 Å². The minimum atomic E-state index is -0.738. The summed E-state index contributed by atoms with van der Waals surface area (Å²) in [5.74, 6) is 0.706. The number of carbonyl (C=O) groups is 1. The molecule has 0 aliphatic carbocycles. The van der Waals surface area contributed by atoms with E-state index in [0.717, 1.165) is 6.26 Å². The summed E-state index contributed by atoms with van der Waals surface area (Å²) < 4.78 is 20.9. The van der Waals surface area contributed by atoms with E-state index >= 15 is 0 Å². The molecule has 0 amide bonds. The molecule has 0 saturated carbocycles. The van der Waals surface area contributed by atoms with Gasteiger partial charge in [0.25, 0.3) is 0 Å². The second-order valence-corrected chi connectivity index (χ2v) is 6.25. The molecular formula is C19H16N2O6S. The minimum absolute atomic E-state index is 0.210. The number of rotatable bonds is 8. The summed E-state index contributed by atoms with van der Waals surface area (Å²) in [7, 11) is 1.50. The molecule has 8 nitrogen and oxygen atoms in total. The summed E-state index contributed by atoms with van der Waals surface area (Å²) in [5, 5.41) is 0.564. The molecule has 0 unspecified atom stereocenters. The fourth-order valence-electron chi connectivity index (χ4n) is 2.11. The lowest BCUT2D eigenvalue weighted by atomic mass is 10.3. The van der Waals surface area contributed by atoms with Crippen LogP contribution < -0.4 is 19.6 Å². The smallest absolute Gasteiger partial charge is 0.349 e. The normalized spacial score (nSPS) is 10.3. The zero-order chi connectivity index (χ0) is 19.8. The van der Waals surface area contributed by atoms with E-state index in [-0.39, 0.29) is 12.4 Å². The van der Waals surface area contributed by atoms with Crippen molar-refractivity contribution in [3.8, 4) is 17.2 Å². The number of para-hydroxylation sites is 2. The highest BCUT2D eigenvalue weighted by Crippen LogP contribution is 2.25. The molecule has 0 radical (unpaired) electrons. The molecule has 2 aromatic heterocycles. The average molecular weight is 400 g/mol. The van der Waals surface area contributed by atoms with Crippen LogP contribution in [0.2, 0.25) is 0 Å². The second kappa shape index (κ2) is 9.56. The van der Waals surface area contributed by atoms with Crippen molar-refractivity contribution >= 4 is 17.7 Å². The molecule has 3 aromatic rings. The maximum atomic E-state index is 12.1. The van der Waals surface area contributed by atoms with Crippen LogP contribution in [0, 0.1) is 0 Å². The van der Waals surface area contributed by atoms with Gasteiger partial charge in [0, 0.05) is 18.5 Å². The van der Waals surface area contributed by atoms with Gasteiger partial charge < -0.3 is 18.6 Å². The van der Waals surface area contributed by atoms with E-state index in [1.807, 2.05) is 0 Å². The largest absolute Gasteiger partial charge is 0.493 e. The van der Waals surface area contributed by atoms with Gasteiger partial charge in [-0.1, -0.05) is 23.9 Å². The fraction of sp³-hybridized carbons (Fsp3) is 0.158. The van der Waals surface area contributed by atoms with Crippen molar-refractivity contribution in [1.82, 2.24) is 9.97 Å². The van der Waals surface area contributed by atoms with Gasteiger partial charge in [-0.3, -0.25) is 4.79 Å². The van der Waals surface area contributed by atoms with Gasteiger partial charge in [0.05, 0.1) is 12.9 Å². The summed E-state index contributed by atoms with van der Waals surface area (Å²) in [4.78, 5) is 32.2. The first-order chi connectivity index (χ1) is 13.7. The summed E-state index contributed by atoms with van der Waals surface area (Å²) >= 11 is 1.32. The highest BCUT2D eigenvalue weighted by atomic mass is 32.2. The molecule has 0 aliphatic heterocycles. The van der Waals surface area contributed by atoms with Crippen molar-refractivity contribution in [1.29, 1.82) is 0 Å². The van der Waals surface area contributed by atoms with Gasteiger partial charge in [-0.2, -0.15) is 0 Å². The molecule has 9 heteroatoms. The average Bonchev–Trinajstić information content (AvgIpc) is 2.73. The molecule has 0 N–H and O–H groups in total. The zero-order valence-electron chi connectivity index (χ0n) is 14.9. The van der Waals surface area contributed by atoms with Crippen molar-refractivity contribution in [3.05, 3.63) is 71.0 Å². The number of benzene rings is 1. The van der Waals surface area contributed by atoms with Crippen molar-refractivity contribution in [2.45, 2.75) is 10.9 Å². The van der Waals surface area contributed by atoms with Crippen LogP contribution in [0.25, 0.3) is 0 Å². The Morgan fingerprint density at radius 1 is 1.11 bits per heavy atom.